The van der Waals surface area contributed by atoms with Crippen LogP contribution in [0.15, 0.2) is 36.9 Å². The molecule has 1 aromatic carbocycles. The molecule has 1 N–H and O–H groups in total. The second-order valence-corrected chi connectivity index (χ2v) is 4.83. The van der Waals surface area contributed by atoms with Gasteiger partial charge >= 0.3 is 0 Å². The SMILES string of the molecule is C=CC[C@@H](c1cccc(OCC)c1)N1CCNCC1.Cl.Cl. The van der Waals surface area contributed by atoms with Crippen molar-refractivity contribution < 1.29 is 4.74 Å². The molecule has 0 amide bonds. The van der Waals surface area contributed by atoms with Crippen molar-refractivity contribution in [3.8, 4) is 5.75 Å². The maximum absolute atomic E-state index is 5.61. The highest BCUT2D eigenvalue weighted by atomic mass is 35.5. The van der Waals surface area contributed by atoms with Gasteiger partial charge in [-0.2, -0.15) is 0 Å². The summed E-state index contributed by atoms with van der Waals surface area (Å²) in [6, 6.07) is 8.88. The third kappa shape index (κ3) is 5.87. The summed E-state index contributed by atoms with van der Waals surface area (Å²) in [5.41, 5.74) is 1.33. The minimum absolute atomic E-state index is 0. The van der Waals surface area contributed by atoms with Crippen LogP contribution < -0.4 is 10.1 Å². The van der Waals surface area contributed by atoms with Crippen LogP contribution in [-0.4, -0.2) is 37.7 Å². The van der Waals surface area contributed by atoms with E-state index in [9.17, 15) is 0 Å². The van der Waals surface area contributed by atoms with Crippen LogP contribution in [0.4, 0.5) is 0 Å². The van der Waals surface area contributed by atoms with E-state index < -0.39 is 0 Å². The minimum atomic E-state index is 0. The zero-order chi connectivity index (χ0) is 13.5. The molecule has 0 saturated carbocycles. The summed E-state index contributed by atoms with van der Waals surface area (Å²) in [5.74, 6) is 0.962. The van der Waals surface area contributed by atoms with E-state index in [1.807, 2.05) is 19.1 Å². The average molecular weight is 333 g/mol. The summed E-state index contributed by atoms with van der Waals surface area (Å²) in [5, 5.41) is 3.40. The standard InChI is InChI=1S/C16H24N2O.2ClH/c1-3-6-16(18-11-9-17-10-12-18)14-7-5-8-15(13-14)19-4-2;;/h3,5,7-8,13,16-17H,1,4,6,9-12H2,2H3;2*1H/t16-;;/m0../s1. The van der Waals surface area contributed by atoms with Crippen LogP contribution in [0.5, 0.6) is 5.75 Å². The minimum Gasteiger partial charge on any atom is -0.494 e. The molecular weight excluding hydrogens is 307 g/mol. The van der Waals surface area contributed by atoms with E-state index in [0.29, 0.717) is 12.6 Å². The first-order valence-electron chi connectivity index (χ1n) is 7.13. The number of halogens is 2. The molecule has 1 aliphatic rings. The highest BCUT2D eigenvalue weighted by Crippen LogP contribution is 2.27. The predicted molar refractivity (Wildman–Crippen MR) is 94.1 cm³/mol. The highest BCUT2D eigenvalue weighted by Gasteiger charge is 2.21. The Balaban J connectivity index is 0.00000200. The number of piperazine rings is 1. The van der Waals surface area contributed by atoms with Gasteiger partial charge in [0.25, 0.3) is 0 Å². The lowest BCUT2D eigenvalue weighted by Crippen LogP contribution is -2.45. The molecule has 1 saturated heterocycles. The largest absolute Gasteiger partial charge is 0.494 e. The number of rotatable bonds is 6. The number of benzene rings is 1. The van der Waals surface area contributed by atoms with Crippen molar-refractivity contribution in [1.82, 2.24) is 10.2 Å². The molecule has 0 bridgehead atoms. The zero-order valence-electron chi connectivity index (χ0n) is 12.6. The highest BCUT2D eigenvalue weighted by molar-refractivity contribution is 5.85. The molecule has 0 spiro atoms. The Morgan fingerprint density at radius 3 is 2.67 bits per heavy atom. The Hall–Kier alpha value is -0.740. The molecule has 0 aliphatic carbocycles. The first-order valence-corrected chi connectivity index (χ1v) is 7.13. The van der Waals surface area contributed by atoms with Crippen LogP contribution in [0.1, 0.15) is 24.9 Å². The van der Waals surface area contributed by atoms with E-state index >= 15 is 0 Å². The van der Waals surface area contributed by atoms with Gasteiger partial charge in [-0.3, -0.25) is 4.90 Å². The van der Waals surface area contributed by atoms with Gasteiger partial charge in [-0.1, -0.05) is 18.2 Å². The van der Waals surface area contributed by atoms with Gasteiger partial charge < -0.3 is 10.1 Å². The smallest absolute Gasteiger partial charge is 0.119 e. The van der Waals surface area contributed by atoms with E-state index in [4.69, 9.17) is 4.74 Å². The van der Waals surface area contributed by atoms with Gasteiger partial charge in [-0.15, -0.1) is 31.4 Å². The normalized spacial score (nSPS) is 16.2. The van der Waals surface area contributed by atoms with Gasteiger partial charge in [-0.25, -0.2) is 0 Å². The predicted octanol–water partition coefficient (Wildman–Crippen LogP) is 3.45. The van der Waals surface area contributed by atoms with E-state index in [-0.39, 0.29) is 24.8 Å². The van der Waals surface area contributed by atoms with Crippen molar-refractivity contribution in [3.05, 3.63) is 42.5 Å². The third-order valence-corrected chi connectivity index (χ3v) is 3.54. The quantitative estimate of drug-likeness (QED) is 0.807. The first kappa shape index (κ1) is 20.3. The van der Waals surface area contributed by atoms with Crippen molar-refractivity contribution >= 4 is 24.8 Å². The summed E-state index contributed by atoms with van der Waals surface area (Å²) in [6.45, 7) is 11.0. The third-order valence-electron chi connectivity index (χ3n) is 3.54. The number of ether oxygens (including phenoxy) is 1. The fourth-order valence-corrected chi connectivity index (χ4v) is 2.63. The lowest BCUT2D eigenvalue weighted by atomic mass is 10.0. The van der Waals surface area contributed by atoms with Gasteiger partial charge in [0.05, 0.1) is 6.61 Å². The van der Waals surface area contributed by atoms with Crippen LogP contribution >= 0.6 is 24.8 Å². The topological polar surface area (TPSA) is 24.5 Å². The van der Waals surface area contributed by atoms with Gasteiger partial charge in [0.2, 0.25) is 0 Å². The van der Waals surface area contributed by atoms with Crippen LogP contribution in [-0.2, 0) is 0 Å². The number of hydrogen-bond donors (Lipinski definition) is 1. The van der Waals surface area contributed by atoms with Crippen LogP contribution in [0.25, 0.3) is 0 Å². The first-order chi connectivity index (χ1) is 9.35. The molecule has 3 nitrogen and oxygen atoms in total. The van der Waals surface area contributed by atoms with Crippen LogP contribution in [0.3, 0.4) is 0 Å². The Morgan fingerprint density at radius 2 is 2.05 bits per heavy atom. The molecule has 0 radical (unpaired) electrons. The maximum atomic E-state index is 5.61. The molecule has 0 aromatic heterocycles. The molecule has 5 heteroatoms. The second kappa shape index (κ2) is 10.9. The Bertz CT molecular complexity index is 409. The lowest BCUT2D eigenvalue weighted by Gasteiger charge is -2.35. The van der Waals surface area contributed by atoms with Gasteiger partial charge in [0, 0.05) is 32.2 Å². The number of nitrogens with zero attached hydrogens (tertiary/aromatic N) is 1. The van der Waals surface area contributed by atoms with Crippen molar-refractivity contribution in [2.75, 3.05) is 32.8 Å². The Kier molecular flexibility index (Phi) is 10.5. The molecule has 120 valence electrons. The fourth-order valence-electron chi connectivity index (χ4n) is 2.63. The molecule has 21 heavy (non-hydrogen) atoms. The monoisotopic (exact) mass is 332 g/mol. The van der Waals surface area contributed by atoms with Crippen molar-refractivity contribution in [2.24, 2.45) is 0 Å². The lowest BCUT2D eigenvalue weighted by molar-refractivity contribution is 0.174. The van der Waals surface area contributed by atoms with Crippen molar-refractivity contribution in [2.45, 2.75) is 19.4 Å². The summed E-state index contributed by atoms with van der Waals surface area (Å²) in [4.78, 5) is 2.53. The van der Waals surface area contributed by atoms with Crippen molar-refractivity contribution in [1.29, 1.82) is 0 Å². The van der Waals surface area contributed by atoms with E-state index in [1.54, 1.807) is 0 Å². The van der Waals surface area contributed by atoms with Gasteiger partial charge in [0.1, 0.15) is 5.75 Å². The number of nitrogens with one attached hydrogen (secondary N) is 1. The summed E-state index contributed by atoms with van der Waals surface area (Å²) in [6.07, 6.45) is 3.00. The molecule has 2 rings (SSSR count). The van der Waals surface area contributed by atoms with Crippen LogP contribution in [0, 0.1) is 0 Å². The molecule has 1 heterocycles. The summed E-state index contributed by atoms with van der Waals surface area (Å²) >= 11 is 0. The van der Waals surface area contributed by atoms with E-state index in [2.05, 4.69) is 35.0 Å². The Labute approximate surface area is 140 Å². The van der Waals surface area contributed by atoms with Crippen molar-refractivity contribution in [3.63, 3.8) is 0 Å². The zero-order valence-corrected chi connectivity index (χ0v) is 14.2. The molecular formula is C16H26Cl2N2O. The van der Waals surface area contributed by atoms with E-state index in [1.165, 1.54) is 5.56 Å². The summed E-state index contributed by atoms with van der Waals surface area (Å²) < 4.78 is 5.61. The van der Waals surface area contributed by atoms with Gasteiger partial charge in [-0.05, 0) is 31.0 Å². The second-order valence-electron chi connectivity index (χ2n) is 4.83. The summed E-state index contributed by atoms with van der Waals surface area (Å²) in [7, 11) is 0. The molecule has 0 unspecified atom stereocenters. The molecule has 1 atom stereocenters. The number of hydrogen-bond acceptors (Lipinski definition) is 3. The molecule has 1 aliphatic heterocycles. The Morgan fingerprint density at radius 1 is 1.33 bits per heavy atom. The average Bonchev–Trinajstić information content (AvgIpc) is 2.46. The molecule has 1 aromatic rings. The fraction of sp³-hybridized carbons (Fsp3) is 0.500. The van der Waals surface area contributed by atoms with E-state index in [0.717, 1.165) is 38.3 Å². The van der Waals surface area contributed by atoms with Gasteiger partial charge in [0.15, 0.2) is 0 Å². The maximum Gasteiger partial charge on any atom is 0.119 e. The molecule has 1 fully saturated rings. The van der Waals surface area contributed by atoms with Crippen LogP contribution in [0.2, 0.25) is 0 Å².